The van der Waals surface area contributed by atoms with E-state index in [0.717, 1.165) is 0 Å². The molecule has 0 aliphatic heterocycles. The standard InChI is InChI=1S/C5H11N3O3/c1-3(4(6)8-10)7-5(9)11-2/h3,10H,1-2H3,(H2,6,8)(H,7,9). The van der Waals surface area contributed by atoms with Crippen molar-refractivity contribution in [3.8, 4) is 0 Å². The Balaban J connectivity index is 3.87. The summed E-state index contributed by atoms with van der Waals surface area (Å²) in [6.07, 6.45) is -0.621. The molecule has 0 bridgehead atoms. The van der Waals surface area contributed by atoms with Gasteiger partial charge in [-0.25, -0.2) is 4.79 Å². The van der Waals surface area contributed by atoms with Crippen LogP contribution in [0.1, 0.15) is 6.92 Å². The summed E-state index contributed by atoms with van der Waals surface area (Å²) in [5.74, 6) is -0.0737. The second kappa shape index (κ2) is 4.37. The van der Waals surface area contributed by atoms with Crippen molar-refractivity contribution in [2.75, 3.05) is 7.11 Å². The summed E-state index contributed by atoms with van der Waals surface area (Å²) in [7, 11) is 1.23. The topological polar surface area (TPSA) is 96.9 Å². The van der Waals surface area contributed by atoms with Gasteiger partial charge < -0.3 is 21.0 Å². The van der Waals surface area contributed by atoms with Crippen molar-refractivity contribution >= 4 is 11.9 Å². The van der Waals surface area contributed by atoms with Gasteiger partial charge in [0.1, 0.15) is 0 Å². The van der Waals surface area contributed by atoms with Crippen LogP contribution in [-0.2, 0) is 4.74 Å². The van der Waals surface area contributed by atoms with Crippen molar-refractivity contribution in [3.63, 3.8) is 0 Å². The van der Waals surface area contributed by atoms with Gasteiger partial charge in [0, 0.05) is 0 Å². The SMILES string of the molecule is COC(=O)NC(C)/C(N)=N/O. The number of hydrogen-bond donors (Lipinski definition) is 3. The van der Waals surface area contributed by atoms with Gasteiger partial charge in [0.15, 0.2) is 5.84 Å². The predicted molar refractivity (Wildman–Crippen MR) is 38.4 cm³/mol. The van der Waals surface area contributed by atoms with E-state index in [2.05, 4.69) is 15.2 Å². The predicted octanol–water partition coefficient (Wildman–Crippen LogP) is -0.523. The van der Waals surface area contributed by atoms with Gasteiger partial charge in [0.2, 0.25) is 0 Å². The maximum absolute atomic E-state index is 10.5. The van der Waals surface area contributed by atoms with Crippen LogP contribution in [0.2, 0.25) is 0 Å². The third kappa shape index (κ3) is 3.29. The van der Waals surface area contributed by atoms with Crippen molar-refractivity contribution in [3.05, 3.63) is 0 Å². The van der Waals surface area contributed by atoms with Crippen LogP contribution in [0.3, 0.4) is 0 Å². The fraction of sp³-hybridized carbons (Fsp3) is 0.600. The molecule has 64 valence electrons. The summed E-state index contributed by atoms with van der Waals surface area (Å²) in [4.78, 5) is 10.5. The summed E-state index contributed by atoms with van der Waals surface area (Å²) in [6, 6.07) is -0.535. The highest BCUT2D eigenvalue weighted by molar-refractivity contribution is 5.87. The number of amidine groups is 1. The molecule has 11 heavy (non-hydrogen) atoms. The minimum absolute atomic E-state index is 0.0737. The molecule has 0 saturated carbocycles. The molecule has 0 aromatic carbocycles. The molecule has 0 aliphatic carbocycles. The number of nitrogens with zero attached hydrogens (tertiary/aromatic N) is 1. The van der Waals surface area contributed by atoms with E-state index in [9.17, 15) is 4.79 Å². The van der Waals surface area contributed by atoms with E-state index in [1.165, 1.54) is 7.11 Å². The molecule has 1 atom stereocenters. The summed E-state index contributed by atoms with van der Waals surface area (Å²) >= 11 is 0. The van der Waals surface area contributed by atoms with Crippen molar-refractivity contribution in [2.24, 2.45) is 10.9 Å². The van der Waals surface area contributed by atoms with E-state index < -0.39 is 12.1 Å². The molecule has 0 aromatic heterocycles. The Labute approximate surface area is 64.0 Å². The average Bonchev–Trinajstić information content (AvgIpc) is 2.02. The molecular weight excluding hydrogens is 150 g/mol. The van der Waals surface area contributed by atoms with Gasteiger partial charge >= 0.3 is 6.09 Å². The molecule has 0 fully saturated rings. The lowest BCUT2D eigenvalue weighted by atomic mass is 10.3. The Morgan fingerprint density at radius 2 is 2.36 bits per heavy atom. The average molecular weight is 161 g/mol. The molecule has 1 amide bonds. The lowest BCUT2D eigenvalue weighted by Gasteiger charge is -2.09. The molecule has 0 saturated heterocycles. The summed E-state index contributed by atoms with van der Waals surface area (Å²) < 4.78 is 4.27. The van der Waals surface area contributed by atoms with Gasteiger partial charge in [-0.15, -0.1) is 0 Å². The zero-order valence-corrected chi connectivity index (χ0v) is 6.37. The fourth-order valence-electron chi connectivity index (χ4n) is 0.396. The zero-order valence-electron chi connectivity index (χ0n) is 6.37. The number of oxime groups is 1. The van der Waals surface area contributed by atoms with Crippen molar-refractivity contribution in [1.29, 1.82) is 0 Å². The number of ether oxygens (including phenoxy) is 1. The van der Waals surface area contributed by atoms with E-state index in [0.29, 0.717) is 0 Å². The fourth-order valence-corrected chi connectivity index (χ4v) is 0.396. The van der Waals surface area contributed by atoms with Crippen LogP contribution in [0.25, 0.3) is 0 Å². The highest BCUT2D eigenvalue weighted by atomic mass is 16.5. The largest absolute Gasteiger partial charge is 0.453 e. The number of carbonyl (C=O) groups excluding carboxylic acids is 1. The highest BCUT2D eigenvalue weighted by Gasteiger charge is 2.10. The normalized spacial score (nSPS) is 13.8. The Bertz CT molecular complexity index is 168. The monoisotopic (exact) mass is 161 g/mol. The van der Waals surface area contributed by atoms with Crippen LogP contribution in [0.15, 0.2) is 5.16 Å². The molecule has 0 heterocycles. The number of rotatable bonds is 2. The van der Waals surface area contributed by atoms with Crippen molar-refractivity contribution < 1.29 is 14.7 Å². The van der Waals surface area contributed by atoms with Crippen LogP contribution in [-0.4, -0.2) is 30.3 Å². The van der Waals surface area contributed by atoms with E-state index in [1.54, 1.807) is 6.92 Å². The van der Waals surface area contributed by atoms with Gasteiger partial charge in [-0.05, 0) is 6.92 Å². The smallest absolute Gasteiger partial charge is 0.407 e. The van der Waals surface area contributed by atoms with Crippen LogP contribution in [0.5, 0.6) is 0 Å². The first-order chi connectivity index (χ1) is 5.11. The van der Waals surface area contributed by atoms with E-state index in [4.69, 9.17) is 10.9 Å². The number of amides is 1. The third-order valence-corrected chi connectivity index (χ3v) is 1.08. The number of nitrogens with two attached hydrogens (primary N) is 1. The first kappa shape index (κ1) is 9.54. The molecule has 0 spiro atoms. The third-order valence-electron chi connectivity index (χ3n) is 1.08. The van der Waals surface area contributed by atoms with E-state index in [1.807, 2.05) is 0 Å². The molecule has 4 N–H and O–H groups in total. The van der Waals surface area contributed by atoms with Crippen LogP contribution < -0.4 is 11.1 Å². The van der Waals surface area contributed by atoms with Gasteiger partial charge in [-0.1, -0.05) is 5.16 Å². The van der Waals surface area contributed by atoms with Gasteiger partial charge in [0.25, 0.3) is 0 Å². The molecule has 0 aliphatic rings. The maximum atomic E-state index is 10.5. The number of methoxy groups -OCH3 is 1. The number of carbonyl (C=O) groups is 1. The maximum Gasteiger partial charge on any atom is 0.407 e. The van der Waals surface area contributed by atoms with Crippen LogP contribution >= 0.6 is 0 Å². The Morgan fingerprint density at radius 3 is 2.73 bits per heavy atom. The number of alkyl carbamates (subject to hydrolysis) is 1. The quantitative estimate of drug-likeness (QED) is 0.219. The lowest BCUT2D eigenvalue weighted by Crippen LogP contribution is -2.42. The minimum atomic E-state index is -0.621. The summed E-state index contributed by atoms with van der Waals surface area (Å²) in [6.45, 7) is 1.56. The Kier molecular flexibility index (Phi) is 3.79. The molecular formula is C5H11N3O3. The first-order valence-electron chi connectivity index (χ1n) is 2.93. The van der Waals surface area contributed by atoms with Crippen molar-refractivity contribution in [1.82, 2.24) is 5.32 Å². The second-order valence-corrected chi connectivity index (χ2v) is 1.88. The molecule has 0 aromatic rings. The second-order valence-electron chi connectivity index (χ2n) is 1.88. The van der Waals surface area contributed by atoms with E-state index >= 15 is 0 Å². The van der Waals surface area contributed by atoms with Gasteiger partial charge in [-0.2, -0.15) is 0 Å². The van der Waals surface area contributed by atoms with Gasteiger partial charge in [0.05, 0.1) is 13.2 Å². The minimum Gasteiger partial charge on any atom is -0.453 e. The summed E-state index contributed by atoms with van der Waals surface area (Å²) in [5.41, 5.74) is 5.15. The van der Waals surface area contributed by atoms with Crippen molar-refractivity contribution in [2.45, 2.75) is 13.0 Å². The molecule has 0 radical (unpaired) electrons. The van der Waals surface area contributed by atoms with Crippen LogP contribution in [0, 0.1) is 0 Å². The van der Waals surface area contributed by atoms with Crippen LogP contribution in [0.4, 0.5) is 4.79 Å². The highest BCUT2D eigenvalue weighted by Crippen LogP contribution is 1.82. The number of nitrogens with one attached hydrogen (secondary N) is 1. The van der Waals surface area contributed by atoms with E-state index in [-0.39, 0.29) is 5.84 Å². The first-order valence-corrected chi connectivity index (χ1v) is 2.93. The Morgan fingerprint density at radius 1 is 1.82 bits per heavy atom. The number of hydrogen-bond acceptors (Lipinski definition) is 4. The van der Waals surface area contributed by atoms with Gasteiger partial charge in [-0.3, -0.25) is 0 Å². The Hall–Kier alpha value is -1.46. The molecule has 0 rings (SSSR count). The molecule has 1 unspecified atom stereocenters. The zero-order chi connectivity index (χ0) is 8.85. The lowest BCUT2D eigenvalue weighted by molar-refractivity contribution is 0.169. The summed E-state index contributed by atoms with van der Waals surface area (Å²) in [5, 5.41) is 13.2. The molecule has 6 heteroatoms. The molecule has 6 nitrogen and oxygen atoms in total.